The number of carbonyl (C=O) groups is 2. The van der Waals surface area contributed by atoms with Crippen LogP contribution in [0.3, 0.4) is 0 Å². The van der Waals surface area contributed by atoms with E-state index in [4.69, 9.17) is 0 Å². The molecule has 0 atom stereocenters. The Labute approximate surface area is 221 Å². The van der Waals surface area contributed by atoms with Crippen LogP contribution >= 0.6 is 0 Å². The summed E-state index contributed by atoms with van der Waals surface area (Å²) in [5.41, 5.74) is 4.48. The number of hydrogen-bond donors (Lipinski definition) is 0. The molecule has 38 heavy (non-hydrogen) atoms. The van der Waals surface area contributed by atoms with E-state index in [9.17, 15) is 22.8 Å². The van der Waals surface area contributed by atoms with Gasteiger partial charge in [0.05, 0.1) is 11.2 Å². The second-order valence-corrected chi connectivity index (χ2v) is 10.3. The van der Waals surface area contributed by atoms with Crippen molar-refractivity contribution in [3.8, 4) is 0 Å². The number of likely N-dealkylation sites (N-methyl/N-ethyl adjacent to an activating group) is 1. The van der Waals surface area contributed by atoms with Crippen LogP contribution in [0.15, 0.2) is 60.7 Å². The van der Waals surface area contributed by atoms with Gasteiger partial charge >= 0.3 is 6.18 Å². The van der Waals surface area contributed by atoms with Crippen LogP contribution in [0.4, 0.5) is 13.2 Å². The first-order chi connectivity index (χ1) is 17.9. The van der Waals surface area contributed by atoms with Crippen LogP contribution in [0.25, 0.3) is 5.57 Å². The number of Topliss-reactive ketones (excluding diaryl/α,β-unsaturated/α-hetero) is 1. The maximum Gasteiger partial charge on any atom is 0.456 e. The lowest BCUT2D eigenvalue weighted by Crippen LogP contribution is -2.56. The van der Waals surface area contributed by atoms with Crippen LogP contribution in [0.5, 0.6) is 0 Å². The van der Waals surface area contributed by atoms with Crippen LogP contribution < -0.4 is 0 Å². The Hall–Kier alpha value is -3.39. The number of likely N-dealkylation sites (tertiary alicyclic amines) is 1. The van der Waals surface area contributed by atoms with Crippen molar-refractivity contribution in [3.63, 3.8) is 0 Å². The quantitative estimate of drug-likeness (QED) is 0.347. The van der Waals surface area contributed by atoms with E-state index in [1.54, 1.807) is 6.07 Å². The Morgan fingerprint density at radius 3 is 2.32 bits per heavy atom. The van der Waals surface area contributed by atoms with Crippen molar-refractivity contribution < 1.29 is 22.8 Å². The number of ketones is 1. The average Bonchev–Trinajstić information content (AvgIpc) is 3.30. The van der Waals surface area contributed by atoms with Gasteiger partial charge in [0.1, 0.15) is 0 Å². The number of aromatic nitrogens is 1. The SMILES string of the molecule is C=C(C)/C=C(\C=C/C)c1ccc(C(=O)N2CCC3(CC2)c2ccc(C(=O)C(F)(F)F)n2CCN3C)cc1C. The monoisotopic (exact) mass is 525 g/mol. The van der Waals surface area contributed by atoms with Crippen LogP contribution in [0, 0.1) is 6.92 Å². The van der Waals surface area contributed by atoms with Crippen molar-refractivity contribution in [3.05, 3.63) is 88.8 Å². The number of allylic oxidation sites excluding steroid dienone is 5. The predicted molar refractivity (Wildman–Crippen MR) is 143 cm³/mol. The minimum absolute atomic E-state index is 0.0623. The molecule has 2 aromatic rings. The fraction of sp³-hybridized carbons (Fsp3) is 0.400. The topological polar surface area (TPSA) is 45.6 Å². The fourth-order valence-corrected chi connectivity index (χ4v) is 5.80. The van der Waals surface area contributed by atoms with E-state index in [-0.39, 0.29) is 11.6 Å². The summed E-state index contributed by atoms with van der Waals surface area (Å²) in [6.45, 7) is 11.6. The number of aryl methyl sites for hydroxylation is 1. The first-order valence-corrected chi connectivity index (χ1v) is 12.8. The number of piperidine rings is 1. The van der Waals surface area contributed by atoms with Gasteiger partial charge < -0.3 is 9.47 Å². The number of halogens is 3. The van der Waals surface area contributed by atoms with Gasteiger partial charge in [0, 0.05) is 37.4 Å². The molecule has 2 aliphatic heterocycles. The van der Waals surface area contributed by atoms with E-state index >= 15 is 0 Å². The predicted octanol–water partition coefficient (Wildman–Crippen LogP) is 6.15. The second-order valence-electron chi connectivity index (χ2n) is 10.3. The van der Waals surface area contributed by atoms with Gasteiger partial charge in [-0.25, -0.2) is 0 Å². The molecule has 0 unspecified atom stereocenters. The number of fused-ring (bicyclic) bond motifs is 2. The summed E-state index contributed by atoms with van der Waals surface area (Å²) >= 11 is 0. The van der Waals surface area contributed by atoms with E-state index in [1.165, 1.54) is 10.6 Å². The summed E-state index contributed by atoms with van der Waals surface area (Å²) in [6.07, 6.45) is 2.23. The van der Waals surface area contributed by atoms with Crippen LogP contribution in [-0.4, -0.2) is 58.9 Å². The zero-order chi connectivity index (χ0) is 27.8. The molecular formula is C30H34F3N3O2. The molecule has 1 fully saturated rings. The molecule has 1 spiro atoms. The molecule has 4 rings (SSSR count). The first kappa shape index (κ1) is 27.6. The third-order valence-corrected chi connectivity index (χ3v) is 7.75. The molecule has 1 saturated heterocycles. The van der Waals surface area contributed by atoms with E-state index in [1.807, 2.05) is 69.1 Å². The van der Waals surface area contributed by atoms with Crippen molar-refractivity contribution in [2.75, 3.05) is 26.7 Å². The van der Waals surface area contributed by atoms with Gasteiger partial charge in [-0.1, -0.05) is 36.4 Å². The Morgan fingerprint density at radius 2 is 1.74 bits per heavy atom. The van der Waals surface area contributed by atoms with Gasteiger partial charge in [-0.15, -0.1) is 0 Å². The third-order valence-electron chi connectivity index (χ3n) is 7.75. The van der Waals surface area contributed by atoms with Crippen LogP contribution in [0.1, 0.15) is 64.4 Å². The molecular weight excluding hydrogens is 491 g/mol. The lowest BCUT2D eigenvalue weighted by Gasteiger charge is -2.50. The van der Waals surface area contributed by atoms with Gasteiger partial charge in [0.15, 0.2) is 0 Å². The van der Waals surface area contributed by atoms with E-state index in [0.717, 1.165) is 22.3 Å². The van der Waals surface area contributed by atoms with Crippen LogP contribution in [-0.2, 0) is 12.1 Å². The van der Waals surface area contributed by atoms with E-state index in [0.29, 0.717) is 50.3 Å². The Bertz CT molecular complexity index is 1320. The summed E-state index contributed by atoms with van der Waals surface area (Å²) < 4.78 is 41.0. The lowest BCUT2D eigenvalue weighted by atomic mass is 9.81. The molecule has 5 nitrogen and oxygen atoms in total. The number of rotatable bonds is 5. The molecule has 0 aliphatic carbocycles. The van der Waals surface area contributed by atoms with Gasteiger partial charge in [-0.05, 0) is 81.6 Å². The van der Waals surface area contributed by atoms with E-state index in [2.05, 4.69) is 11.5 Å². The van der Waals surface area contributed by atoms with Gasteiger partial charge in [-0.2, -0.15) is 13.2 Å². The minimum Gasteiger partial charge on any atom is -0.339 e. The maximum absolute atomic E-state index is 13.4. The van der Waals surface area contributed by atoms with Crippen molar-refractivity contribution in [2.24, 2.45) is 0 Å². The summed E-state index contributed by atoms with van der Waals surface area (Å²) in [7, 11) is 1.96. The van der Waals surface area contributed by atoms with Gasteiger partial charge in [0.25, 0.3) is 11.7 Å². The van der Waals surface area contributed by atoms with E-state index < -0.39 is 17.5 Å². The molecule has 0 bridgehead atoms. The molecule has 1 aromatic carbocycles. The smallest absolute Gasteiger partial charge is 0.339 e. The Morgan fingerprint density at radius 1 is 1.05 bits per heavy atom. The number of nitrogens with zero attached hydrogens (tertiary/aromatic N) is 3. The zero-order valence-electron chi connectivity index (χ0n) is 22.4. The highest BCUT2D eigenvalue weighted by molar-refractivity contribution is 5.99. The normalized spacial score (nSPS) is 18.2. The fourth-order valence-electron chi connectivity index (χ4n) is 5.80. The Kier molecular flexibility index (Phi) is 7.57. The number of carbonyl (C=O) groups excluding carboxylic acids is 2. The summed E-state index contributed by atoms with van der Waals surface area (Å²) in [6, 6.07) is 8.65. The van der Waals surface area contributed by atoms with Crippen molar-refractivity contribution >= 4 is 17.3 Å². The molecule has 0 radical (unpaired) electrons. The van der Waals surface area contributed by atoms with Gasteiger partial charge in [0.2, 0.25) is 0 Å². The maximum atomic E-state index is 13.4. The minimum atomic E-state index is -4.91. The zero-order valence-corrected chi connectivity index (χ0v) is 22.4. The molecule has 0 saturated carbocycles. The lowest BCUT2D eigenvalue weighted by molar-refractivity contribution is -0.0892. The molecule has 202 valence electrons. The molecule has 0 N–H and O–H groups in total. The largest absolute Gasteiger partial charge is 0.456 e. The third kappa shape index (κ3) is 5.01. The van der Waals surface area contributed by atoms with Crippen molar-refractivity contribution in [1.29, 1.82) is 0 Å². The number of alkyl halides is 3. The summed E-state index contributed by atoms with van der Waals surface area (Å²) in [5, 5.41) is 0. The standard InChI is InChI=1S/C30H34F3N3O2/c1-6-7-22(18-20(2)3)24-9-8-23(19-21(24)4)28(38)35-14-12-29(13-15-35)26-11-10-25(27(37)30(31,32)33)36(26)17-16-34(29)5/h6-11,18-19H,2,12-17H2,1,3-5H3/b7-6-,22-18+. The summed E-state index contributed by atoms with van der Waals surface area (Å²) in [4.78, 5) is 29.4. The summed E-state index contributed by atoms with van der Waals surface area (Å²) in [5.74, 6) is -1.88. The molecule has 8 heteroatoms. The molecule has 3 heterocycles. The van der Waals surface area contributed by atoms with Crippen molar-refractivity contribution in [2.45, 2.75) is 51.9 Å². The highest BCUT2D eigenvalue weighted by Gasteiger charge is 2.47. The Balaban J connectivity index is 1.55. The highest BCUT2D eigenvalue weighted by Crippen LogP contribution is 2.42. The van der Waals surface area contributed by atoms with Gasteiger partial charge in [-0.3, -0.25) is 14.5 Å². The highest BCUT2D eigenvalue weighted by atomic mass is 19.4. The second kappa shape index (κ2) is 10.4. The molecule has 2 aliphatic rings. The molecule has 1 amide bonds. The first-order valence-electron chi connectivity index (χ1n) is 12.8. The number of benzene rings is 1. The molecule has 1 aromatic heterocycles. The van der Waals surface area contributed by atoms with Crippen LogP contribution in [0.2, 0.25) is 0 Å². The van der Waals surface area contributed by atoms with Crippen molar-refractivity contribution in [1.82, 2.24) is 14.4 Å². The number of hydrogen-bond acceptors (Lipinski definition) is 3. The average molecular weight is 526 g/mol. The number of amides is 1.